The van der Waals surface area contributed by atoms with Gasteiger partial charge in [-0.05, 0) is 57.8 Å². The number of hydrogen-bond donors (Lipinski definition) is 2. The molecule has 2 fully saturated rings. The molecule has 180 valence electrons. The predicted octanol–water partition coefficient (Wildman–Crippen LogP) is 5.88. The Labute approximate surface area is 200 Å². The SMILES string of the molecule is Cc1cc(C)nc(NNC(=S)N=P(N2CCCCCC2)(N2CCCCCC2)C(C)(C)C)n1. The minimum atomic E-state index is -2.08. The van der Waals surface area contributed by atoms with Gasteiger partial charge in [-0.25, -0.2) is 14.7 Å². The third-order valence-electron chi connectivity index (χ3n) is 6.35. The summed E-state index contributed by atoms with van der Waals surface area (Å²) in [5, 5.41) is 0.508. The van der Waals surface area contributed by atoms with Crippen LogP contribution in [0.5, 0.6) is 0 Å². The average molecular weight is 480 g/mol. The van der Waals surface area contributed by atoms with Crippen molar-refractivity contribution in [3.8, 4) is 0 Å². The van der Waals surface area contributed by atoms with E-state index in [0.29, 0.717) is 11.1 Å². The van der Waals surface area contributed by atoms with E-state index in [9.17, 15) is 0 Å². The molecule has 0 unspecified atom stereocenters. The van der Waals surface area contributed by atoms with Crippen LogP contribution in [0.1, 0.15) is 83.5 Å². The monoisotopic (exact) mass is 479 g/mol. The lowest BCUT2D eigenvalue weighted by molar-refractivity contribution is 0.368. The first-order valence-corrected chi connectivity index (χ1v) is 14.3. The van der Waals surface area contributed by atoms with Crippen LogP contribution in [0.4, 0.5) is 5.95 Å². The number of nitrogens with one attached hydrogen (secondary N) is 2. The number of rotatable bonds is 4. The largest absolute Gasteiger partial charge is 0.272 e. The fourth-order valence-electron chi connectivity index (χ4n) is 5.01. The molecule has 9 heteroatoms. The number of hydrogen-bond acceptors (Lipinski definition) is 4. The number of nitrogens with zero attached hydrogens (tertiary/aromatic N) is 5. The lowest BCUT2D eigenvalue weighted by atomic mass is 10.2. The van der Waals surface area contributed by atoms with Gasteiger partial charge in [0.1, 0.15) is 7.36 Å². The van der Waals surface area contributed by atoms with Gasteiger partial charge >= 0.3 is 0 Å². The zero-order valence-corrected chi connectivity index (χ0v) is 22.4. The number of hydrazine groups is 1. The van der Waals surface area contributed by atoms with E-state index in [1.54, 1.807) is 0 Å². The van der Waals surface area contributed by atoms with Crippen LogP contribution >= 0.6 is 19.6 Å². The number of aromatic nitrogens is 2. The summed E-state index contributed by atoms with van der Waals surface area (Å²) in [6, 6.07) is 1.96. The second-order valence-corrected chi connectivity index (χ2v) is 14.3. The molecule has 0 spiro atoms. The van der Waals surface area contributed by atoms with Crippen molar-refractivity contribution >= 4 is 30.6 Å². The van der Waals surface area contributed by atoms with Crippen LogP contribution in [0.25, 0.3) is 0 Å². The molecule has 2 saturated heterocycles. The van der Waals surface area contributed by atoms with Gasteiger partial charge in [0.25, 0.3) is 0 Å². The summed E-state index contributed by atoms with van der Waals surface area (Å²) in [5.41, 5.74) is 8.11. The highest BCUT2D eigenvalue weighted by Gasteiger charge is 2.44. The lowest BCUT2D eigenvalue weighted by Gasteiger charge is -2.50. The van der Waals surface area contributed by atoms with E-state index in [4.69, 9.17) is 17.0 Å². The molecule has 2 aliphatic heterocycles. The molecule has 0 atom stereocenters. The number of anilines is 1. The Morgan fingerprint density at radius 1 is 0.875 bits per heavy atom. The molecule has 2 aliphatic rings. The number of aryl methyl sites for hydroxylation is 2. The summed E-state index contributed by atoms with van der Waals surface area (Å²) in [6.45, 7) is 15.5. The molecule has 0 bridgehead atoms. The molecule has 3 rings (SSSR count). The summed E-state index contributed by atoms with van der Waals surface area (Å²) >= 11 is 5.82. The smallest absolute Gasteiger partial charge is 0.242 e. The summed E-state index contributed by atoms with van der Waals surface area (Å²) in [4.78, 5) is 8.92. The van der Waals surface area contributed by atoms with E-state index in [2.05, 4.69) is 50.9 Å². The van der Waals surface area contributed by atoms with Crippen LogP contribution in [-0.2, 0) is 0 Å². The van der Waals surface area contributed by atoms with Crippen molar-refractivity contribution in [1.82, 2.24) is 24.7 Å². The van der Waals surface area contributed by atoms with Crippen LogP contribution in [-0.4, -0.2) is 55.8 Å². The first kappa shape index (κ1) is 25.5. The molecule has 1 aromatic rings. The van der Waals surface area contributed by atoms with Crippen molar-refractivity contribution in [2.24, 2.45) is 4.74 Å². The van der Waals surface area contributed by atoms with E-state index in [1.807, 2.05) is 19.9 Å². The molecule has 32 heavy (non-hydrogen) atoms. The molecule has 7 nitrogen and oxygen atoms in total. The minimum absolute atomic E-state index is 0.00381. The quantitative estimate of drug-likeness (QED) is 0.318. The van der Waals surface area contributed by atoms with Crippen LogP contribution < -0.4 is 10.9 Å². The summed E-state index contributed by atoms with van der Waals surface area (Å²) in [6.07, 6.45) is 10.2. The van der Waals surface area contributed by atoms with Crippen molar-refractivity contribution in [3.63, 3.8) is 0 Å². The molecule has 0 saturated carbocycles. The minimum Gasteiger partial charge on any atom is -0.272 e. The second kappa shape index (κ2) is 11.4. The van der Waals surface area contributed by atoms with Crippen LogP contribution in [0.2, 0.25) is 0 Å². The Morgan fingerprint density at radius 2 is 1.31 bits per heavy atom. The van der Waals surface area contributed by atoms with Crippen LogP contribution in [0.3, 0.4) is 0 Å². The van der Waals surface area contributed by atoms with Crippen molar-refractivity contribution in [2.45, 2.75) is 91.1 Å². The maximum absolute atomic E-state index is 5.82. The zero-order chi connectivity index (χ0) is 23.2. The molecule has 0 amide bonds. The fraction of sp³-hybridized carbons (Fsp3) is 0.783. The molecular formula is C23H42N7PS. The zero-order valence-electron chi connectivity index (χ0n) is 20.7. The highest BCUT2D eigenvalue weighted by molar-refractivity contribution is 7.81. The van der Waals surface area contributed by atoms with Gasteiger partial charge in [0.2, 0.25) is 11.1 Å². The summed E-state index contributed by atoms with van der Waals surface area (Å²) < 4.78 is 10.9. The summed E-state index contributed by atoms with van der Waals surface area (Å²) in [7, 11) is -2.08. The molecule has 2 N–H and O–H groups in total. The molecule has 1 aromatic heterocycles. The topological polar surface area (TPSA) is 68.7 Å². The molecule has 0 radical (unpaired) electrons. The lowest BCUT2D eigenvalue weighted by Crippen LogP contribution is -2.42. The third kappa shape index (κ3) is 6.28. The maximum Gasteiger partial charge on any atom is 0.242 e. The first-order chi connectivity index (χ1) is 15.2. The Balaban J connectivity index is 1.96. The van der Waals surface area contributed by atoms with Crippen molar-refractivity contribution in [2.75, 3.05) is 31.6 Å². The second-order valence-electron chi connectivity index (χ2n) is 10.1. The van der Waals surface area contributed by atoms with Crippen molar-refractivity contribution < 1.29 is 0 Å². The van der Waals surface area contributed by atoms with E-state index in [1.165, 1.54) is 51.4 Å². The molecular weight excluding hydrogens is 437 g/mol. The van der Waals surface area contributed by atoms with E-state index in [0.717, 1.165) is 37.6 Å². The van der Waals surface area contributed by atoms with Gasteiger partial charge < -0.3 is 0 Å². The van der Waals surface area contributed by atoms with Gasteiger partial charge in [0.15, 0.2) is 0 Å². The first-order valence-electron chi connectivity index (χ1n) is 12.2. The Hall–Kier alpha value is -1.08. The Kier molecular flexibility index (Phi) is 9.07. The third-order valence-corrected chi connectivity index (χ3v) is 11.3. The fourth-order valence-corrected chi connectivity index (χ4v) is 10.00. The van der Waals surface area contributed by atoms with Gasteiger partial charge in [-0.3, -0.25) is 20.2 Å². The van der Waals surface area contributed by atoms with Gasteiger partial charge in [0.05, 0.1) is 0 Å². The van der Waals surface area contributed by atoms with E-state index in [-0.39, 0.29) is 5.16 Å². The predicted molar refractivity (Wildman–Crippen MR) is 140 cm³/mol. The number of thiocarbonyl (C=S) groups is 1. The standard InChI is InChI=1S/C23H42N7PS/c1-19-18-20(2)25-21(24-19)26-27-22(32)28-31(23(3,4)5,29-14-10-6-7-11-15-29)30-16-12-8-9-13-17-30/h18H,6-17H2,1-5H3,(H,27,32)(H,24,25,26). The van der Waals surface area contributed by atoms with Crippen LogP contribution in [0, 0.1) is 13.8 Å². The normalized spacial score (nSPS) is 19.7. The van der Waals surface area contributed by atoms with Gasteiger partial charge in [-0.1, -0.05) is 46.5 Å². The molecule has 3 heterocycles. The van der Waals surface area contributed by atoms with Gasteiger partial charge in [-0.2, -0.15) is 0 Å². The molecule has 0 aliphatic carbocycles. The van der Waals surface area contributed by atoms with Crippen molar-refractivity contribution in [1.29, 1.82) is 0 Å². The Morgan fingerprint density at radius 3 is 1.72 bits per heavy atom. The van der Waals surface area contributed by atoms with Crippen LogP contribution in [0.15, 0.2) is 10.8 Å². The van der Waals surface area contributed by atoms with Crippen molar-refractivity contribution in [3.05, 3.63) is 17.5 Å². The van der Waals surface area contributed by atoms with E-state index >= 15 is 0 Å². The van der Waals surface area contributed by atoms with Gasteiger partial charge in [0, 0.05) is 42.7 Å². The van der Waals surface area contributed by atoms with Gasteiger partial charge in [-0.15, -0.1) is 0 Å². The highest BCUT2D eigenvalue weighted by Crippen LogP contribution is 2.66. The Bertz CT molecular complexity index is 776. The van der Waals surface area contributed by atoms with E-state index < -0.39 is 7.36 Å². The highest BCUT2D eigenvalue weighted by atomic mass is 32.1. The summed E-state index contributed by atoms with van der Waals surface area (Å²) in [5.74, 6) is 0.532. The maximum atomic E-state index is 5.82. The average Bonchev–Trinajstić information content (AvgIpc) is 3.14. The molecule has 0 aromatic carbocycles.